The van der Waals surface area contributed by atoms with Gasteiger partial charge < -0.3 is 10.6 Å². The zero-order chi connectivity index (χ0) is 13.1. The van der Waals surface area contributed by atoms with Crippen molar-refractivity contribution in [2.75, 3.05) is 12.3 Å². The molecule has 0 aliphatic carbocycles. The van der Waals surface area contributed by atoms with Gasteiger partial charge in [-0.3, -0.25) is 4.79 Å². The first-order valence-corrected chi connectivity index (χ1v) is 7.17. The number of hydrogen-bond donors (Lipinski definition) is 1. The van der Waals surface area contributed by atoms with Crippen molar-refractivity contribution in [3.05, 3.63) is 11.9 Å². The van der Waals surface area contributed by atoms with Gasteiger partial charge in [0, 0.05) is 30.1 Å². The zero-order valence-corrected chi connectivity index (χ0v) is 11.6. The van der Waals surface area contributed by atoms with Crippen molar-refractivity contribution in [2.45, 2.75) is 38.2 Å². The lowest BCUT2D eigenvalue weighted by Gasteiger charge is -2.37. The van der Waals surface area contributed by atoms with Crippen LogP contribution in [0.1, 0.15) is 19.5 Å². The fourth-order valence-corrected chi connectivity index (χ4v) is 3.12. The van der Waals surface area contributed by atoms with Gasteiger partial charge in [-0.15, -0.1) is 5.10 Å². The van der Waals surface area contributed by atoms with Crippen LogP contribution in [-0.2, 0) is 17.9 Å². The van der Waals surface area contributed by atoms with Crippen molar-refractivity contribution < 1.29 is 4.79 Å². The molecule has 1 aromatic rings. The van der Waals surface area contributed by atoms with E-state index < -0.39 is 0 Å². The van der Waals surface area contributed by atoms with Crippen molar-refractivity contribution in [3.8, 4) is 0 Å². The molecule has 6 nitrogen and oxygen atoms in total. The number of aromatic nitrogens is 3. The number of carbonyl (C=O) groups is 1. The van der Waals surface area contributed by atoms with Gasteiger partial charge in [-0.25, -0.2) is 4.68 Å². The Bertz CT molecular complexity index is 421. The van der Waals surface area contributed by atoms with E-state index in [1.807, 2.05) is 16.7 Å². The summed E-state index contributed by atoms with van der Waals surface area (Å²) in [7, 11) is 0. The van der Waals surface area contributed by atoms with Crippen LogP contribution in [0.3, 0.4) is 0 Å². The average Bonchev–Trinajstić information content (AvgIpc) is 2.80. The van der Waals surface area contributed by atoms with E-state index in [0.29, 0.717) is 17.5 Å². The summed E-state index contributed by atoms with van der Waals surface area (Å²) in [5.41, 5.74) is 6.17. The average molecular weight is 269 g/mol. The van der Waals surface area contributed by atoms with Gasteiger partial charge in [0.15, 0.2) is 0 Å². The number of nitrogens with zero attached hydrogens (tertiary/aromatic N) is 4. The molecule has 7 heteroatoms. The fourth-order valence-electron chi connectivity index (χ4n) is 2.02. The first-order valence-electron chi connectivity index (χ1n) is 6.12. The van der Waals surface area contributed by atoms with Crippen molar-refractivity contribution in [3.63, 3.8) is 0 Å². The van der Waals surface area contributed by atoms with Gasteiger partial charge in [-0.1, -0.05) is 12.1 Å². The molecule has 1 aromatic heterocycles. The SMILES string of the molecule is CC1SCCN(C(=O)Cn2cc(CN)nn2)C1C. The summed E-state index contributed by atoms with van der Waals surface area (Å²) < 4.78 is 1.56. The molecule has 2 N–H and O–H groups in total. The highest BCUT2D eigenvalue weighted by molar-refractivity contribution is 8.00. The van der Waals surface area contributed by atoms with E-state index in [1.54, 1.807) is 10.9 Å². The number of amides is 1. The highest BCUT2D eigenvalue weighted by atomic mass is 32.2. The molecule has 0 saturated carbocycles. The van der Waals surface area contributed by atoms with E-state index in [-0.39, 0.29) is 18.5 Å². The Kier molecular flexibility index (Phi) is 4.23. The third kappa shape index (κ3) is 2.84. The Labute approximate surface area is 111 Å². The van der Waals surface area contributed by atoms with E-state index in [0.717, 1.165) is 12.3 Å². The van der Waals surface area contributed by atoms with Gasteiger partial charge >= 0.3 is 0 Å². The monoisotopic (exact) mass is 269 g/mol. The topological polar surface area (TPSA) is 77.0 Å². The standard InChI is InChI=1S/C11H19N5OS/c1-8-9(2)18-4-3-16(8)11(17)7-15-6-10(5-12)13-14-15/h6,8-9H,3-5,7,12H2,1-2H3. The minimum absolute atomic E-state index is 0.100. The maximum absolute atomic E-state index is 12.2. The molecule has 2 unspecified atom stereocenters. The molecule has 0 bridgehead atoms. The molecule has 18 heavy (non-hydrogen) atoms. The van der Waals surface area contributed by atoms with Gasteiger partial charge in [-0.05, 0) is 6.92 Å². The molecule has 0 aromatic carbocycles. The van der Waals surface area contributed by atoms with E-state index in [1.165, 1.54) is 0 Å². The van der Waals surface area contributed by atoms with Gasteiger partial charge in [0.05, 0.1) is 11.9 Å². The van der Waals surface area contributed by atoms with Crippen LogP contribution in [0.2, 0.25) is 0 Å². The Morgan fingerprint density at radius 1 is 1.61 bits per heavy atom. The summed E-state index contributed by atoms with van der Waals surface area (Å²) >= 11 is 1.92. The van der Waals surface area contributed by atoms with Crippen LogP contribution in [0.15, 0.2) is 6.20 Å². The van der Waals surface area contributed by atoms with Gasteiger partial charge in [-0.2, -0.15) is 11.8 Å². The molecule has 1 fully saturated rings. The molecule has 100 valence electrons. The Morgan fingerprint density at radius 2 is 2.39 bits per heavy atom. The molecular formula is C11H19N5OS. The number of thioether (sulfide) groups is 1. The molecule has 1 saturated heterocycles. The van der Waals surface area contributed by atoms with Gasteiger partial charge in [0.2, 0.25) is 5.91 Å². The quantitative estimate of drug-likeness (QED) is 0.841. The van der Waals surface area contributed by atoms with Crippen LogP contribution >= 0.6 is 11.8 Å². The van der Waals surface area contributed by atoms with Crippen molar-refractivity contribution in [2.24, 2.45) is 5.73 Å². The minimum atomic E-state index is 0.100. The van der Waals surface area contributed by atoms with Crippen LogP contribution in [-0.4, -0.2) is 49.4 Å². The molecule has 2 rings (SSSR count). The lowest BCUT2D eigenvalue weighted by Crippen LogP contribution is -2.49. The third-order valence-corrected chi connectivity index (χ3v) is 4.63. The first kappa shape index (κ1) is 13.4. The number of nitrogens with two attached hydrogens (primary N) is 1. The second-order valence-corrected chi connectivity index (χ2v) is 6.00. The van der Waals surface area contributed by atoms with Crippen LogP contribution in [0.4, 0.5) is 0 Å². The molecule has 1 aliphatic rings. The van der Waals surface area contributed by atoms with Crippen LogP contribution in [0.5, 0.6) is 0 Å². The van der Waals surface area contributed by atoms with Crippen LogP contribution in [0.25, 0.3) is 0 Å². The lowest BCUT2D eigenvalue weighted by molar-refractivity contribution is -0.133. The van der Waals surface area contributed by atoms with Crippen LogP contribution < -0.4 is 5.73 Å². The maximum Gasteiger partial charge on any atom is 0.244 e. The van der Waals surface area contributed by atoms with E-state index in [9.17, 15) is 4.79 Å². The normalized spacial score (nSPS) is 24.3. The third-order valence-electron chi connectivity index (χ3n) is 3.30. The molecule has 1 aliphatic heterocycles. The van der Waals surface area contributed by atoms with Crippen molar-refractivity contribution in [1.29, 1.82) is 0 Å². The van der Waals surface area contributed by atoms with Crippen LogP contribution in [0, 0.1) is 0 Å². The Balaban J connectivity index is 1.98. The second-order valence-electron chi connectivity index (χ2n) is 4.52. The smallest absolute Gasteiger partial charge is 0.244 e. The molecular weight excluding hydrogens is 250 g/mol. The summed E-state index contributed by atoms with van der Waals surface area (Å²) in [5, 5.41) is 8.26. The summed E-state index contributed by atoms with van der Waals surface area (Å²) in [6.45, 7) is 5.67. The molecule has 0 spiro atoms. The maximum atomic E-state index is 12.2. The van der Waals surface area contributed by atoms with Gasteiger partial charge in [0.1, 0.15) is 6.54 Å². The van der Waals surface area contributed by atoms with Crippen molar-refractivity contribution in [1.82, 2.24) is 19.9 Å². The number of rotatable bonds is 3. The zero-order valence-electron chi connectivity index (χ0n) is 10.7. The first-order chi connectivity index (χ1) is 8.61. The largest absolute Gasteiger partial charge is 0.336 e. The molecule has 2 atom stereocenters. The Hall–Kier alpha value is -1.08. The highest BCUT2D eigenvalue weighted by Gasteiger charge is 2.28. The predicted molar refractivity (Wildman–Crippen MR) is 71.0 cm³/mol. The predicted octanol–water partition coefficient (Wildman–Crippen LogP) is 0.0892. The number of hydrogen-bond acceptors (Lipinski definition) is 5. The molecule has 1 amide bonds. The summed E-state index contributed by atoms with van der Waals surface area (Å²) in [6.07, 6.45) is 1.73. The van der Waals surface area contributed by atoms with Gasteiger partial charge in [0.25, 0.3) is 0 Å². The second kappa shape index (κ2) is 5.71. The van der Waals surface area contributed by atoms with E-state index in [2.05, 4.69) is 24.2 Å². The fraction of sp³-hybridized carbons (Fsp3) is 0.727. The highest BCUT2D eigenvalue weighted by Crippen LogP contribution is 2.24. The molecule has 2 heterocycles. The Morgan fingerprint density at radius 3 is 3.06 bits per heavy atom. The summed E-state index contributed by atoms with van der Waals surface area (Å²) in [4.78, 5) is 14.2. The van der Waals surface area contributed by atoms with Crippen molar-refractivity contribution >= 4 is 17.7 Å². The number of carbonyl (C=O) groups excluding carboxylic acids is 1. The summed E-state index contributed by atoms with van der Waals surface area (Å²) in [5.74, 6) is 1.10. The summed E-state index contributed by atoms with van der Waals surface area (Å²) in [6, 6.07) is 0.272. The minimum Gasteiger partial charge on any atom is -0.336 e. The lowest BCUT2D eigenvalue weighted by atomic mass is 10.2. The molecule has 0 radical (unpaired) electrons. The van der Waals surface area contributed by atoms with E-state index >= 15 is 0 Å². The van der Waals surface area contributed by atoms with E-state index in [4.69, 9.17) is 5.73 Å².